The van der Waals surface area contributed by atoms with Crippen molar-refractivity contribution in [3.63, 3.8) is 0 Å². The second-order valence-corrected chi connectivity index (χ2v) is 5.33. The molecule has 19 heavy (non-hydrogen) atoms. The van der Waals surface area contributed by atoms with E-state index in [9.17, 15) is 4.39 Å². The Morgan fingerprint density at radius 2 is 2.32 bits per heavy atom. The number of hydrogen-bond donors (Lipinski definition) is 1. The van der Waals surface area contributed by atoms with Crippen molar-refractivity contribution in [2.24, 2.45) is 5.73 Å². The molecule has 1 atom stereocenters. The molecule has 5 heteroatoms. The van der Waals surface area contributed by atoms with E-state index in [0.29, 0.717) is 5.56 Å². The Kier molecular flexibility index (Phi) is 4.71. The van der Waals surface area contributed by atoms with Crippen molar-refractivity contribution >= 4 is 22.9 Å². The van der Waals surface area contributed by atoms with Gasteiger partial charge in [0.2, 0.25) is 0 Å². The molecule has 2 N–H and O–H groups in total. The van der Waals surface area contributed by atoms with Crippen molar-refractivity contribution < 1.29 is 9.13 Å². The second kappa shape index (κ2) is 6.30. The molecule has 1 aromatic carbocycles. The molecule has 0 bridgehead atoms. The predicted molar refractivity (Wildman–Crippen MR) is 79.1 cm³/mol. The number of likely N-dealkylation sites (N-methyl/N-ethyl adjacent to an activating group) is 1. The summed E-state index contributed by atoms with van der Waals surface area (Å²) in [5.74, 6) is -0.325. The molecule has 1 unspecified atom stereocenters. The van der Waals surface area contributed by atoms with Gasteiger partial charge in [-0.2, -0.15) is 0 Å². The van der Waals surface area contributed by atoms with Crippen LogP contribution in [0.5, 0.6) is 0 Å². The molecule has 1 fully saturated rings. The zero-order chi connectivity index (χ0) is 13.8. The summed E-state index contributed by atoms with van der Waals surface area (Å²) in [7, 11) is 1.95. The lowest BCUT2D eigenvalue weighted by Crippen LogP contribution is -2.34. The Labute approximate surface area is 118 Å². The molecule has 1 aliphatic heterocycles. The van der Waals surface area contributed by atoms with Crippen LogP contribution >= 0.6 is 12.2 Å². The first-order valence-electron chi connectivity index (χ1n) is 6.50. The zero-order valence-electron chi connectivity index (χ0n) is 11.1. The molecule has 1 saturated heterocycles. The molecule has 0 radical (unpaired) electrons. The van der Waals surface area contributed by atoms with E-state index in [0.717, 1.165) is 31.7 Å². The highest BCUT2D eigenvalue weighted by Gasteiger charge is 2.18. The van der Waals surface area contributed by atoms with E-state index in [1.807, 2.05) is 11.9 Å². The lowest BCUT2D eigenvalue weighted by molar-refractivity contribution is 0.0216. The molecule has 1 heterocycles. The minimum atomic E-state index is -0.325. The van der Waals surface area contributed by atoms with Gasteiger partial charge < -0.3 is 15.4 Å². The maximum absolute atomic E-state index is 13.3. The highest BCUT2D eigenvalue weighted by atomic mass is 32.1. The van der Waals surface area contributed by atoms with Crippen molar-refractivity contribution in [3.05, 3.63) is 29.6 Å². The Hall–Kier alpha value is -1.20. The fraction of sp³-hybridized carbons (Fsp3) is 0.500. The molecule has 2 rings (SSSR count). The van der Waals surface area contributed by atoms with Gasteiger partial charge in [0, 0.05) is 31.5 Å². The summed E-state index contributed by atoms with van der Waals surface area (Å²) in [5, 5.41) is 0. The number of hydrogen-bond acceptors (Lipinski definition) is 3. The van der Waals surface area contributed by atoms with E-state index in [4.69, 9.17) is 22.7 Å². The Morgan fingerprint density at radius 1 is 1.53 bits per heavy atom. The lowest BCUT2D eigenvalue weighted by atomic mass is 10.1. The van der Waals surface area contributed by atoms with Crippen LogP contribution in [0.1, 0.15) is 24.8 Å². The third-order valence-corrected chi connectivity index (χ3v) is 3.61. The quantitative estimate of drug-likeness (QED) is 0.861. The number of benzene rings is 1. The van der Waals surface area contributed by atoms with Gasteiger partial charge >= 0.3 is 0 Å². The molecule has 0 aromatic heterocycles. The molecular formula is C14H19FN2OS. The number of nitrogens with zero attached hydrogens (tertiary/aromatic N) is 1. The van der Waals surface area contributed by atoms with Gasteiger partial charge in [0.25, 0.3) is 0 Å². The summed E-state index contributed by atoms with van der Waals surface area (Å²) in [4.78, 5) is 2.25. The van der Waals surface area contributed by atoms with E-state index in [1.165, 1.54) is 18.6 Å². The average molecular weight is 282 g/mol. The number of nitrogens with two attached hydrogens (primary N) is 1. The predicted octanol–water partition coefficient (Wildman–Crippen LogP) is 2.47. The number of ether oxygens (including phenoxy) is 1. The Balaban J connectivity index is 2.13. The standard InChI is InChI=1S/C14H19FN2OS/c1-17(9-11-4-2-3-7-18-11)13-6-5-10(15)8-12(13)14(16)19/h5-6,8,11H,2-4,7,9H2,1H3,(H2,16,19). The minimum absolute atomic E-state index is 0.214. The summed E-state index contributed by atoms with van der Waals surface area (Å²) in [6.45, 7) is 1.59. The highest BCUT2D eigenvalue weighted by molar-refractivity contribution is 7.80. The summed E-state index contributed by atoms with van der Waals surface area (Å²) >= 11 is 4.99. The summed E-state index contributed by atoms with van der Waals surface area (Å²) in [5.41, 5.74) is 7.09. The zero-order valence-corrected chi connectivity index (χ0v) is 11.9. The van der Waals surface area contributed by atoms with Crippen molar-refractivity contribution in [3.8, 4) is 0 Å². The van der Waals surface area contributed by atoms with Crippen LogP contribution < -0.4 is 10.6 Å². The van der Waals surface area contributed by atoms with E-state index >= 15 is 0 Å². The SMILES string of the molecule is CN(CC1CCCCO1)c1ccc(F)cc1C(N)=S. The van der Waals surface area contributed by atoms with Crippen LogP contribution in [-0.4, -0.2) is 31.3 Å². The normalized spacial score (nSPS) is 19.2. The van der Waals surface area contributed by atoms with Gasteiger partial charge in [-0.1, -0.05) is 12.2 Å². The van der Waals surface area contributed by atoms with Crippen LogP contribution in [0.15, 0.2) is 18.2 Å². The van der Waals surface area contributed by atoms with Gasteiger partial charge in [0.15, 0.2) is 0 Å². The highest BCUT2D eigenvalue weighted by Crippen LogP contribution is 2.23. The van der Waals surface area contributed by atoms with Gasteiger partial charge in [-0.25, -0.2) is 4.39 Å². The smallest absolute Gasteiger partial charge is 0.124 e. The first-order chi connectivity index (χ1) is 9.08. The van der Waals surface area contributed by atoms with Crippen LogP contribution in [0.3, 0.4) is 0 Å². The van der Waals surface area contributed by atoms with E-state index in [1.54, 1.807) is 6.07 Å². The van der Waals surface area contributed by atoms with Crippen LogP contribution in [0.4, 0.5) is 10.1 Å². The van der Waals surface area contributed by atoms with Crippen molar-refractivity contribution in [2.75, 3.05) is 25.1 Å². The molecule has 0 spiro atoms. The van der Waals surface area contributed by atoms with Crippen LogP contribution in [0.2, 0.25) is 0 Å². The van der Waals surface area contributed by atoms with Crippen molar-refractivity contribution in [2.45, 2.75) is 25.4 Å². The number of halogens is 1. The Morgan fingerprint density at radius 3 is 2.95 bits per heavy atom. The molecule has 0 amide bonds. The molecule has 1 aliphatic rings. The van der Waals surface area contributed by atoms with Crippen molar-refractivity contribution in [1.82, 2.24) is 0 Å². The molecule has 0 aliphatic carbocycles. The molecule has 104 valence electrons. The molecule has 3 nitrogen and oxygen atoms in total. The average Bonchev–Trinajstić information content (AvgIpc) is 2.39. The fourth-order valence-electron chi connectivity index (χ4n) is 2.39. The maximum atomic E-state index is 13.3. The van der Waals surface area contributed by atoms with Gasteiger partial charge in [-0.05, 0) is 37.5 Å². The minimum Gasteiger partial charge on any atom is -0.389 e. The number of thiocarbonyl (C=S) groups is 1. The third-order valence-electron chi connectivity index (χ3n) is 3.39. The topological polar surface area (TPSA) is 38.5 Å². The monoisotopic (exact) mass is 282 g/mol. The first kappa shape index (κ1) is 14.2. The molecule has 1 aromatic rings. The molecular weight excluding hydrogens is 263 g/mol. The van der Waals surface area contributed by atoms with Gasteiger partial charge in [-0.3, -0.25) is 0 Å². The molecule has 0 saturated carbocycles. The largest absolute Gasteiger partial charge is 0.389 e. The van der Waals surface area contributed by atoms with Crippen LogP contribution in [0.25, 0.3) is 0 Å². The number of anilines is 1. The van der Waals surface area contributed by atoms with Gasteiger partial charge in [-0.15, -0.1) is 0 Å². The summed E-state index contributed by atoms with van der Waals surface area (Å²) in [6.07, 6.45) is 3.62. The van der Waals surface area contributed by atoms with E-state index < -0.39 is 0 Å². The lowest BCUT2D eigenvalue weighted by Gasteiger charge is -2.29. The third kappa shape index (κ3) is 3.64. The van der Waals surface area contributed by atoms with Gasteiger partial charge in [0.1, 0.15) is 10.8 Å². The van der Waals surface area contributed by atoms with Crippen molar-refractivity contribution in [1.29, 1.82) is 0 Å². The van der Waals surface area contributed by atoms with Crippen LogP contribution in [0, 0.1) is 5.82 Å². The van der Waals surface area contributed by atoms with E-state index in [2.05, 4.69) is 0 Å². The van der Waals surface area contributed by atoms with E-state index in [-0.39, 0.29) is 16.9 Å². The van der Waals surface area contributed by atoms with Gasteiger partial charge in [0.05, 0.1) is 6.10 Å². The first-order valence-corrected chi connectivity index (χ1v) is 6.91. The summed E-state index contributed by atoms with van der Waals surface area (Å²) in [6, 6.07) is 4.53. The Bertz CT molecular complexity index is 461. The maximum Gasteiger partial charge on any atom is 0.124 e. The summed E-state index contributed by atoms with van der Waals surface area (Å²) < 4.78 is 19.0. The fourth-order valence-corrected chi connectivity index (χ4v) is 2.56. The number of rotatable bonds is 4. The van der Waals surface area contributed by atoms with Crippen LogP contribution in [-0.2, 0) is 4.74 Å². The second-order valence-electron chi connectivity index (χ2n) is 4.89.